The Bertz CT molecular complexity index is 367. The molecule has 0 aliphatic rings. The highest BCUT2D eigenvalue weighted by Crippen LogP contribution is 1.96. The van der Waals surface area contributed by atoms with Crippen molar-refractivity contribution in [3.8, 4) is 12.1 Å². The van der Waals surface area contributed by atoms with E-state index in [0.717, 1.165) is 4.90 Å². The Balaban J connectivity index is 2.76. The topological polar surface area (TPSA) is 109 Å². The molecular weight excluding hydrogens is 184 g/mol. The Labute approximate surface area is 79.6 Å². The number of aromatic amines is 1. The first-order valence-electron chi connectivity index (χ1n) is 3.68. The van der Waals surface area contributed by atoms with Gasteiger partial charge >= 0.3 is 0 Å². The molecule has 0 aliphatic heterocycles. The number of rotatable bonds is 3. The van der Waals surface area contributed by atoms with Crippen molar-refractivity contribution >= 4 is 5.91 Å². The fourth-order valence-corrected chi connectivity index (χ4v) is 0.829. The van der Waals surface area contributed by atoms with Crippen LogP contribution in [-0.4, -0.2) is 39.1 Å². The quantitative estimate of drug-likeness (QED) is 0.633. The average molecular weight is 190 g/mol. The molecule has 1 rings (SSSR count). The lowest BCUT2D eigenvalue weighted by Crippen LogP contribution is -2.32. The lowest BCUT2D eigenvalue weighted by molar-refractivity contribution is 0.0783. The molecule has 0 aliphatic carbocycles. The summed E-state index contributed by atoms with van der Waals surface area (Å²) in [6.45, 7) is -0.291. The number of carbonyl (C=O) groups excluding carboxylic acids is 1. The van der Waals surface area contributed by atoms with Crippen molar-refractivity contribution in [1.29, 1.82) is 10.5 Å². The first kappa shape index (κ1) is 9.68. The third-order valence-electron chi connectivity index (χ3n) is 1.43. The highest BCUT2D eigenvalue weighted by molar-refractivity contribution is 5.90. The van der Waals surface area contributed by atoms with Crippen LogP contribution in [0.1, 0.15) is 10.6 Å². The minimum absolute atomic E-state index is 0.0236. The van der Waals surface area contributed by atoms with Crippen LogP contribution in [0.4, 0.5) is 0 Å². The van der Waals surface area contributed by atoms with Crippen LogP contribution in [0.25, 0.3) is 0 Å². The zero-order chi connectivity index (χ0) is 10.4. The molecule has 7 nitrogen and oxygen atoms in total. The molecule has 0 fully saturated rings. The maximum atomic E-state index is 11.5. The van der Waals surface area contributed by atoms with Gasteiger partial charge in [-0.2, -0.15) is 15.6 Å². The van der Waals surface area contributed by atoms with E-state index in [9.17, 15) is 4.79 Å². The van der Waals surface area contributed by atoms with Crippen LogP contribution in [0.15, 0.2) is 6.33 Å². The maximum absolute atomic E-state index is 11.5. The van der Waals surface area contributed by atoms with Crippen LogP contribution in [0.5, 0.6) is 0 Å². The largest absolute Gasteiger partial charge is 0.309 e. The number of aromatic nitrogens is 3. The molecule has 0 aromatic carbocycles. The summed E-state index contributed by atoms with van der Waals surface area (Å²) in [6, 6.07) is 3.57. The third-order valence-corrected chi connectivity index (χ3v) is 1.43. The second-order valence-corrected chi connectivity index (χ2v) is 2.31. The van der Waals surface area contributed by atoms with E-state index in [2.05, 4.69) is 15.2 Å². The van der Waals surface area contributed by atoms with Crippen molar-refractivity contribution in [1.82, 2.24) is 20.1 Å². The summed E-state index contributed by atoms with van der Waals surface area (Å²) < 4.78 is 0. The predicted molar refractivity (Wildman–Crippen MR) is 43.5 cm³/mol. The summed E-state index contributed by atoms with van der Waals surface area (Å²) in [5, 5.41) is 22.7. The highest BCUT2D eigenvalue weighted by Gasteiger charge is 2.17. The van der Waals surface area contributed by atoms with Gasteiger partial charge in [-0.25, -0.2) is 4.98 Å². The SMILES string of the molecule is N#CCN(CC#N)C(=O)c1ncn[nH]1. The van der Waals surface area contributed by atoms with Gasteiger partial charge in [0.05, 0.1) is 12.1 Å². The average Bonchev–Trinajstić information content (AvgIpc) is 2.69. The van der Waals surface area contributed by atoms with Gasteiger partial charge in [-0.3, -0.25) is 9.89 Å². The van der Waals surface area contributed by atoms with Gasteiger partial charge in [0.25, 0.3) is 5.91 Å². The summed E-state index contributed by atoms with van der Waals surface area (Å²) >= 11 is 0. The van der Waals surface area contributed by atoms with Crippen LogP contribution < -0.4 is 0 Å². The minimum atomic E-state index is -0.509. The molecule has 0 radical (unpaired) electrons. The molecule has 1 aromatic heterocycles. The van der Waals surface area contributed by atoms with E-state index in [0.29, 0.717) is 0 Å². The van der Waals surface area contributed by atoms with Gasteiger partial charge in [0.2, 0.25) is 5.82 Å². The third kappa shape index (κ3) is 2.05. The number of hydrogen-bond acceptors (Lipinski definition) is 5. The van der Waals surface area contributed by atoms with E-state index in [1.54, 1.807) is 12.1 Å². The predicted octanol–water partition coefficient (Wildman–Crippen LogP) is -0.706. The number of nitriles is 2. The van der Waals surface area contributed by atoms with Crippen molar-refractivity contribution in [2.45, 2.75) is 0 Å². The summed E-state index contributed by atoms with van der Waals surface area (Å²) in [7, 11) is 0. The van der Waals surface area contributed by atoms with Crippen molar-refractivity contribution in [2.75, 3.05) is 13.1 Å². The Morgan fingerprint density at radius 1 is 1.50 bits per heavy atom. The fourth-order valence-electron chi connectivity index (χ4n) is 0.829. The molecule has 14 heavy (non-hydrogen) atoms. The zero-order valence-electron chi connectivity index (χ0n) is 7.14. The highest BCUT2D eigenvalue weighted by atomic mass is 16.2. The summed E-state index contributed by atoms with van der Waals surface area (Å²) in [6.07, 6.45) is 1.18. The van der Waals surface area contributed by atoms with Crippen LogP contribution >= 0.6 is 0 Å². The molecule has 0 saturated carbocycles. The van der Waals surface area contributed by atoms with Gasteiger partial charge in [-0.05, 0) is 0 Å². The number of H-pyrrole nitrogens is 1. The fraction of sp³-hybridized carbons (Fsp3) is 0.286. The smallest absolute Gasteiger partial charge is 0.292 e. The van der Waals surface area contributed by atoms with Crippen molar-refractivity contribution in [3.05, 3.63) is 12.2 Å². The molecule has 1 amide bonds. The lowest BCUT2D eigenvalue weighted by atomic mass is 10.4. The first-order chi connectivity index (χ1) is 6.79. The van der Waals surface area contributed by atoms with E-state index in [4.69, 9.17) is 10.5 Å². The summed E-state index contributed by atoms with van der Waals surface area (Å²) in [5.41, 5.74) is 0. The van der Waals surface area contributed by atoms with Gasteiger partial charge in [0.1, 0.15) is 19.4 Å². The Kier molecular flexibility index (Phi) is 3.16. The number of nitrogens with one attached hydrogen (secondary N) is 1. The molecule has 0 unspecified atom stereocenters. The molecule has 70 valence electrons. The molecule has 0 bridgehead atoms. The van der Waals surface area contributed by atoms with E-state index >= 15 is 0 Å². The van der Waals surface area contributed by atoms with Crippen molar-refractivity contribution in [3.63, 3.8) is 0 Å². The van der Waals surface area contributed by atoms with E-state index in [-0.39, 0.29) is 18.9 Å². The second kappa shape index (κ2) is 4.58. The number of nitrogens with zero attached hydrogens (tertiary/aromatic N) is 5. The standard InChI is InChI=1S/C7H6N6O/c8-1-3-13(4-2-9)7(14)6-10-5-11-12-6/h5H,3-4H2,(H,10,11,12). The van der Waals surface area contributed by atoms with Crippen LogP contribution in [0, 0.1) is 22.7 Å². The van der Waals surface area contributed by atoms with Crippen LogP contribution in [0.3, 0.4) is 0 Å². The molecule has 1 heterocycles. The Morgan fingerprint density at radius 2 is 2.14 bits per heavy atom. The van der Waals surface area contributed by atoms with E-state index in [1.807, 2.05) is 0 Å². The molecule has 1 aromatic rings. The van der Waals surface area contributed by atoms with Crippen LogP contribution in [-0.2, 0) is 0 Å². The molecule has 1 N–H and O–H groups in total. The van der Waals surface area contributed by atoms with Gasteiger partial charge in [0, 0.05) is 0 Å². The van der Waals surface area contributed by atoms with E-state index < -0.39 is 5.91 Å². The van der Waals surface area contributed by atoms with Crippen molar-refractivity contribution < 1.29 is 4.79 Å². The lowest BCUT2D eigenvalue weighted by Gasteiger charge is -2.12. The molecule has 7 heteroatoms. The molecular formula is C7H6N6O. The maximum Gasteiger partial charge on any atom is 0.292 e. The monoisotopic (exact) mass is 190 g/mol. The summed E-state index contributed by atoms with van der Waals surface area (Å²) in [5.74, 6) is -0.485. The zero-order valence-corrected chi connectivity index (χ0v) is 7.14. The molecule has 0 spiro atoms. The van der Waals surface area contributed by atoms with Crippen LogP contribution in [0.2, 0.25) is 0 Å². The molecule has 0 saturated heterocycles. The number of carbonyl (C=O) groups is 1. The Hall–Kier alpha value is -2.41. The number of amides is 1. The van der Waals surface area contributed by atoms with E-state index in [1.165, 1.54) is 6.33 Å². The summed E-state index contributed by atoms with van der Waals surface area (Å²) in [4.78, 5) is 16.2. The van der Waals surface area contributed by atoms with Crippen molar-refractivity contribution in [2.24, 2.45) is 0 Å². The normalized spacial score (nSPS) is 8.71. The minimum Gasteiger partial charge on any atom is -0.309 e. The van der Waals surface area contributed by atoms with Gasteiger partial charge in [-0.1, -0.05) is 0 Å². The number of hydrogen-bond donors (Lipinski definition) is 1. The Morgan fingerprint density at radius 3 is 2.57 bits per heavy atom. The first-order valence-corrected chi connectivity index (χ1v) is 3.68. The van der Waals surface area contributed by atoms with Gasteiger partial charge in [0.15, 0.2) is 0 Å². The second-order valence-electron chi connectivity index (χ2n) is 2.31. The van der Waals surface area contributed by atoms with Gasteiger partial charge in [-0.15, -0.1) is 0 Å². The molecule has 0 atom stereocenters. The van der Waals surface area contributed by atoms with Gasteiger partial charge < -0.3 is 4.90 Å².